The number of carbonyl (C=O) groups excluding carboxylic acids is 3. The molecule has 1 unspecified atom stereocenters. The minimum absolute atomic E-state index is 0.125. The number of ether oxygens (including phenoxy) is 1. The first-order valence-electron chi connectivity index (χ1n) is 10.8. The first-order valence-corrected chi connectivity index (χ1v) is 10.8. The summed E-state index contributed by atoms with van der Waals surface area (Å²) in [6.45, 7) is 3.82. The Hall–Kier alpha value is -3.68. The van der Waals surface area contributed by atoms with Crippen LogP contribution in [0.25, 0.3) is 0 Å². The molecule has 32 heavy (non-hydrogen) atoms. The Bertz CT molecular complexity index is 1060. The number of nitrogens with one attached hydrogen (secondary N) is 2. The van der Waals surface area contributed by atoms with E-state index in [0.29, 0.717) is 16.9 Å². The van der Waals surface area contributed by atoms with Crippen molar-refractivity contribution in [1.82, 2.24) is 5.32 Å². The lowest BCUT2D eigenvalue weighted by molar-refractivity contribution is -0.135. The smallest absolute Gasteiger partial charge is 0.354 e. The molecule has 1 fully saturated rings. The van der Waals surface area contributed by atoms with Crippen molar-refractivity contribution in [2.75, 3.05) is 16.9 Å². The van der Waals surface area contributed by atoms with Gasteiger partial charge in [-0.25, -0.2) is 4.79 Å². The summed E-state index contributed by atoms with van der Waals surface area (Å²) in [6.07, 6.45) is 2.13. The fourth-order valence-electron chi connectivity index (χ4n) is 3.48. The fraction of sp³-hybridized carbons (Fsp3) is 0.333. The number of hydrogen-bond donors (Lipinski definition) is 2. The van der Waals surface area contributed by atoms with Gasteiger partial charge < -0.3 is 15.4 Å². The summed E-state index contributed by atoms with van der Waals surface area (Å²) < 4.78 is 5.08. The van der Waals surface area contributed by atoms with E-state index in [2.05, 4.69) is 15.7 Å². The van der Waals surface area contributed by atoms with Gasteiger partial charge in [-0.1, -0.05) is 24.3 Å². The molecule has 0 spiro atoms. The SMILES string of the molecule is CCOC(=O)C1=NN(c2ccccc2)C(C(=O)Nc2cc(C(=O)NC3CC3)ccc2C)C1. The van der Waals surface area contributed by atoms with Crippen LogP contribution in [0.1, 0.15) is 42.1 Å². The Morgan fingerprint density at radius 3 is 2.56 bits per heavy atom. The van der Waals surface area contributed by atoms with E-state index in [0.717, 1.165) is 18.4 Å². The zero-order valence-electron chi connectivity index (χ0n) is 18.1. The predicted octanol–water partition coefficient (Wildman–Crippen LogP) is 3.02. The van der Waals surface area contributed by atoms with E-state index in [1.807, 2.05) is 43.3 Å². The molecule has 8 nitrogen and oxygen atoms in total. The minimum Gasteiger partial charge on any atom is -0.461 e. The van der Waals surface area contributed by atoms with Crippen LogP contribution in [0.5, 0.6) is 0 Å². The van der Waals surface area contributed by atoms with E-state index < -0.39 is 12.0 Å². The third-order valence-electron chi connectivity index (χ3n) is 5.42. The standard InChI is InChI=1S/C24H26N4O4/c1-3-32-24(31)20-14-21(28(27-20)18-7-5-4-6-8-18)23(30)26-19-13-16(10-9-15(19)2)22(29)25-17-11-12-17/h4-10,13,17,21H,3,11-12,14H2,1-2H3,(H,25,29)(H,26,30). The molecular formula is C24H26N4O4. The van der Waals surface area contributed by atoms with Gasteiger partial charge in [0.1, 0.15) is 11.8 Å². The molecule has 2 aliphatic rings. The molecule has 1 aliphatic heterocycles. The van der Waals surface area contributed by atoms with Crippen LogP contribution in [-0.4, -0.2) is 42.2 Å². The lowest BCUT2D eigenvalue weighted by Gasteiger charge is -2.23. The van der Waals surface area contributed by atoms with Gasteiger partial charge in [0.25, 0.3) is 5.91 Å². The normalized spacial score (nSPS) is 17.5. The highest BCUT2D eigenvalue weighted by Crippen LogP contribution is 2.27. The number of anilines is 2. The number of benzene rings is 2. The molecule has 0 bridgehead atoms. The van der Waals surface area contributed by atoms with Crippen LogP contribution in [-0.2, 0) is 14.3 Å². The first-order chi connectivity index (χ1) is 15.5. The first kappa shape index (κ1) is 21.5. The largest absolute Gasteiger partial charge is 0.461 e. The van der Waals surface area contributed by atoms with Crippen molar-refractivity contribution in [3.05, 3.63) is 59.7 Å². The molecular weight excluding hydrogens is 408 g/mol. The van der Waals surface area contributed by atoms with E-state index in [-0.39, 0.29) is 36.6 Å². The molecule has 2 N–H and O–H groups in total. The van der Waals surface area contributed by atoms with Crippen LogP contribution in [0.4, 0.5) is 11.4 Å². The summed E-state index contributed by atoms with van der Waals surface area (Å²) in [4.78, 5) is 37.9. The summed E-state index contributed by atoms with van der Waals surface area (Å²) in [5, 5.41) is 11.8. The summed E-state index contributed by atoms with van der Waals surface area (Å²) in [7, 11) is 0. The highest BCUT2D eigenvalue weighted by Gasteiger charge is 2.37. The van der Waals surface area contributed by atoms with Crippen molar-refractivity contribution in [3.63, 3.8) is 0 Å². The monoisotopic (exact) mass is 434 g/mol. The Morgan fingerprint density at radius 2 is 1.88 bits per heavy atom. The minimum atomic E-state index is -0.722. The van der Waals surface area contributed by atoms with Crippen LogP contribution >= 0.6 is 0 Å². The zero-order valence-corrected chi connectivity index (χ0v) is 18.1. The molecule has 1 aliphatic carbocycles. The molecule has 1 atom stereocenters. The second-order valence-electron chi connectivity index (χ2n) is 7.93. The quantitative estimate of drug-likeness (QED) is 0.653. The number of carbonyl (C=O) groups is 3. The van der Waals surface area contributed by atoms with Gasteiger partial charge in [-0.3, -0.25) is 14.6 Å². The topological polar surface area (TPSA) is 100 Å². The van der Waals surface area contributed by atoms with E-state index in [9.17, 15) is 14.4 Å². The Morgan fingerprint density at radius 1 is 1.12 bits per heavy atom. The van der Waals surface area contributed by atoms with Gasteiger partial charge in [0.05, 0.1) is 12.3 Å². The Labute approximate surface area is 186 Å². The zero-order chi connectivity index (χ0) is 22.7. The number of esters is 1. The van der Waals surface area contributed by atoms with Crippen molar-refractivity contribution >= 4 is 34.9 Å². The number of nitrogens with zero attached hydrogens (tertiary/aromatic N) is 2. The number of para-hydroxylation sites is 1. The number of hydrazone groups is 1. The Kier molecular flexibility index (Phi) is 6.20. The van der Waals surface area contributed by atoms with Crippen molar-refractivity contribution in [2.24, 2.45) is 5.10 Å². The van der Waals surface area contributed by atoms with Gasteiger partial charge >= 0.3 is 5.97 Å². The van der Waals surface area contributed by atoms with Crippen LogP contribution in [0, 0.1) is 6.92 Å². The van der Waals surface area contributed by atoms with Gasteiger partial charge in [-0.15, -0.1) is 0 Å². The maximum atomic E-state index is 13.3. The third-order valence-corrected chi connectivity index (χ3v) is 5.42. The molecule has 2 aromatic carbocycles. The van der Waals surface area contributed by atoms with E-state index >= 15 is 0 Å². The van der Waals surface area contributed by atoms with Gasteiger partial charge in [0.15, 0.2) is 0 Å². The van der Waals surface area contributed by atoms with Gasteiger partial charge in [-0.2, -0.15) is 5.10 Å². The summed E-state index contributed by atoms with van der Waals surface area (Å²) in [6, 6.07) is 14.0. The molecule has 4 rings (SSSR count). The van der Waals surface area contributed by atoms with Crippen LogP contribution in [0.2, 0.25) is 0 Å². The second-order valence-corrected chi connectivity index (χ2v) is 7.93. The van der Waals surface area contributed by atoms with E-state index in [1.54, 1.807) is 24.1 Å². The van der Waals surface area contributed by atoms with Gasteiger partial charge in [0.2, 0.25) is 5.91 Å². The fourth-order valence-corrected chi connectivity index (χ4v) is 3.48. The van der Waals surface area contributed by atoms with Gasteiger partial charge in [-0.05, 0) is 56.5 Å². The van der Waals surface area contributed by atoms with Crippen molar-refractivity contribution < 1.29 is 19.1 Å². The lowest BCUT2D eigenvalue weighted by Crippen LogP contribution is -2.39. The number of amides is 2. The van der Waals surface area contributed by atoms with Crippen molar-refractivity contribution in [2.45, 2.75) is 45.2 Å². The maximum Gasteiger partial charge on any atom is 0.354 e. The van der Waals surface area contributed by atoms with Crippen molar-refractivity contribution in [3.8, 4) is 0 Å². The summed E-state index contributed by atoms with van der Waals surface area (Å²) in [5.74, 6) is -0.999. The molecule has 2 aromatic rings. The average Bonchev–Trinajstić information content (AvgIpc) is 3.49. The van der Waals surface area contributed by atoms with Crippen LogP contribution in [0.3, 0.4) is 0 Å². The molecule has 1 saturated carbocycles. The predicted molar refractivity (Wildman–Crippen MR) is 122 cm³/mol. The maximum absolute atomic E-state index is 13.3. The summed E-state index contributed by atoms with van der Waals surface area (Å²) in [5.41, 5.74) is 2.77. The molecule has 0 saturated heterocycles. The molecule has 8 heteroatoms. The number of aryl methyl sites for hydroxylation is 1. The number of rotatable bonds is 7. The van der Waals surface area contributed by atoms with Crippen LogP contribution < -0.4 is 15.6 Å². The number of hydrogen-bond acceptors (Lipinski definition) is 6. The molecule has 0 aromatic heterocycles. The molecule has 166 valence electrons. The Balaban J connectivity index is 1.55. The lowest BCUT2D eigenvalue weighted by atomic mass is 10.1. The molecule has 0 radical (unpaired) electrons. The van der Waals surface area contributed by atoms with E-state index in [1.165, 1.54) is 0 Å². The third kappa shape index (κ3) is 4.80. The van der Waals surface area contributed by atoms with Crippen LogP contribution in [0.15, 0.2) is 53.6 Å². The molecule has 2 amide bonds. The summed E-state index contributed by atoms with van der Waals surface area (Å²) >= 11 is 0. The highest BCUT2D eigenvalue weighted by atomic mass is 16.5. The van der Waals surface area contributed by atoms with Gasteiger partial charge in [0, 0.05) is 23.7 Å². The average molecular weight is 434 g/mol. The molecule has 1 heterocycles. The highest BCUT2D eigenvalue weighted by molar-refractivity contribution is 6.38. The van der Waals surface area contributed by atoms with Crippen molar-refractivity contribution in [1.29, 1.82) is 0 Å². The van der Waals surface area contributed by atoms with E-state index in [4.69, 9.17) is 4.74 Å². The second kappa shape index (κ2) is 9.21.